The fraction of sp³-hybridized carbons (Fsp3) is 0.923. The molecule has 1 fully saturated rings. The SMILES string of the molecule is CNC(CNC(=O)OC(C)(C)C)C1CCN(C)C1. The molecule has 0 saturated carbocycles. The molecule has 0 aromatic carbocycles. The van der Waals surface area contributed by atoms with Crippen molar-refractivity contribution in [2.24, 2.45) is 5.92 Å². The van der Waals surface area contributed by atoms with E-state index in [0.717, 1.165) is 13.1 Å². The van der Waals surface area contributed by atoms with E-state index in [-0.39, 0.29) is 6.09 Å². The number of nitrogens with one attached hydrogen (secondary N) is 2. The van der Waals surface area contributed by atoms with Crippen LogP contribution in [0.1, 0.15) is 27.2 Å². The lowest BCUT2D eigenvalue weighted by atomic mass is 9.99. The van der Waals surface area contributed by atoms with Crippen molar-refractivity contribution in [2.75, 3.05) is 33.7 Å². The second-order valence-corrected chi connectivity index (χ2v) is 6.09. The Balaban J connectivity index is 2.33. The lowest BCUT2D eigenvalue weighted by Gasteiger charge is -2.25. The van der Waals surface area contributed by atoms with Gasteiger partial charge in [-0.2, -0.15) is 0 Å². The highest BCUT2D eigenvalue weighted by Gasteiger charge is 2.27. The van der Waals surface area contributed by atoms with Crippen molar-refractivity contribution in [3.63, 3.8) is 0 Å². The van der Waals surface area contributed by atoms with E-state index in [0.29, 0.717) is 18.5 Å². The largest absolute Gasteiger partial charge is 0.444 e. The minimum atomic E-state index is -0.438. The van der Waals surface area contributed by atoms with Crippen LogP contribution in [0.2, 0.25) is 0 Å². The van der Waals surface area contributed by atoms with E-state index in [4.69, 9.17) is 4.74 Å². The number of hydrogen-bond acceptors (Lipinski definition) is 4. The average Bonchev–Trinajstić information content (AvgIpc) is 2.63. The first-order chi connectivity index (χ1) is 8.31. The molecular weight excluding hydrogens is 230 g/mol. The zero-order chi connectivity index (χ0) is 13.8. The zero-order valence-electron chi connectivity index (χ0n) is 12.2. The second kappa shape index (κ2) is 6.38. The lowest BCUT2D eigenvalue weighted by molar-refractivity contribution is 0.0519. The van der Waals surface area contributed by atoms with Crippen molar-refractivity contribution in [1.82, 2.24) is 15.5 Å². The number of nitrogens with zero attached hydrogens (tertiary/aromatic N) is 1. The number of likely N-dealkylation sites (N-methyl/N-ethyl adjacent to an activating group) is 1. The first kappa shape index (κ1) is 15.2. The average molecular weight is 257 g/mol. The standard InChI is InChI=1S/C13H27N3O2/c1-13(2,3)18-12(17)15-8-11(14-4)10-6-7-16(5)9-10/h10-11,14H,6-9H2,1-5H3,(H,15,17). The number of rotatable bonds is 4. The molecule has 1 amide bonds. The van der Waals surface area contributed by atoms with Crippen LogP contribution < -0.4 is 10.6 Å². The topological polar surface area (TPSA) is 53.6 Å². The van der Waals surface area contributed by atoms with E-state index in [9.17, 15) is 4.79 Å². The van der Waals surface area contributed by atoms with Gasteiger partial charge in [0, 0.05) is 19.1 Å². The van der Waals surface area contributed by atoms with Crippen molar-refractivity contribution in [3.05, 3.63) is 0 Å². The van der Waals surface area contributed by atoms with Gasteiger partial charge in [0.05, 0.1) is 0 Å². The highest BCUT2D eigenvalue weighted by atomic mass is 16.6. The summed E-state index contributed by atoms with van der Waals surface area (Å²) < 4.78 is 5.23. The van der Waals surface area contributed by atoms with Gasteiger partial charge in [0.2, 0.25) is 0 Å². The summed E-state index contributed by atoms with van der Waals surface area (Å²) in [4.78, 5) is 13.9. The third-order valence-electron chi connectivity index (χ3n) is 3.23. The predicted octanol–water partition coefficient (Wildman–Crippen LogP) is 1.05. The van der Waals surface area contributed by atoms with Crippen LogP contribution in [-0.2, 0) is 4.74 Å². The molecule has 1 saturated heterocycles. The van der Waals surface area contributed by atoms with Crippen LogP contribution >= 0.6 is 0 Å². The number of hydrogen-bond donors (Lipinski definition) is 2. The van der Waals surface area contributed by atoms with Crippen molar-refractivity contribution < 1.29 is 9.53 Å². The normalized spacial score (nSPS) is 22.8. The molecule has 1 aliphatic rings. The fourth-order valence-corrected chi connectivity index (χ4v) is 2.31. The molecule has 5 nitrogen and oxygen atoms in total. The van der Waals surface area contributed by atoms with Gasteiger partial charge in [0.1, 0.15) is 5.60 Å². The minimum absolute atomic E-state index is 0.308. The molecule has 0 bridgehead atoms. The Morgan fingerprint density at radius 3 is 2.61 bits per heavy atom. The van der Waals surface area contributed by atoms with E-state index < -0.39 is 5.60 Å². The minimum Gasteiger partial charge on any atom is -0.444 e. The Hall–Kier alpha value is -0.810. The summed E-state index contributed by atoms with van der Waals surface area (Å²) in [5.74, 6) is 0.593. The molecule has 2 unspecified atom stereocenters. The van der Waals surface area contributed by atoms with Gasteiger partial charge in [-0.05, 0) is 53.8 Å². The van der Waals surface area contributed by atoms with Crippen molar-refractivity contribution >= 4 is 6.09 Å². The molecule has 0 aliphatic carbocycles. The maximum atomic E-state index is 11.6. The number of carbonyl (C=O) groups is 1. The van der Waals surface area contributed by atoms with E-state index >= 15 is 0 Å². The number of ether oxygens (including phenoxy) is 1. The van der Waals surface area contributed by atoms with E-state index in [1.165, 1.54) is 6.42 Å². The summed E-state index contributed by atoms with van der Waals surface area (Å²) in [5, 5.41) is 6.13. The Kier molecular flexibility index (Phi) is 5.41. The Morgan fingerprint density at radius 1 is 1.50 bits per heavy atom. The monoisotopic (exact) mass is 257 g/mol. The first-order valence-corrected chi connectivity index (χ1v) is 6.64. The van der Waals surface area contributed by atoms with Gasteiger partial charge < -0.3 is 20.3 Å². The van der Waals surface area contributed by atoms with Gasteiger partial charge >= 0.3 is 6.09 Å². The van der Waals surface area contributed by atoms with E-state index in [1.807, 2.05) is 27.8 Å². The van der Waals surface area contributed by atoms with Crippen LogP contribution in [0.15, 0.2) is 0 Å². The van der Waals surface area contributed by atoms with Gasteiger partial charge in [0.25, 0.3) is 0 Å². The summed E-state index contributed by atoms with van der Waals surface area (Å²) in [6, 6.07) is 0.308. The summed E-state index contributed by atoms with van der Waals surface area (Å²) in [7, 11) is 4.08. The summed E-state index contributed by atoms with van der Waals surface area (Å²) in [6.07, 6.45) is 0.840. The molecule has 1 heterocycles. The maximum absolute atomic E-state index is 11.6. The molecule has 2 N–H and O–H groups in total. The van der Waals surface area contributed by atoms with Crippen LogP contribution in [0.3, 0.4) is 0 Å². The summed E-state index contributed by atoms with van der Waals surface area (Å²) >= 11 is 0. The van der Waals surface area contributed by atoms with Crippen LogP contribution in [0.25, 0.3) is 0 Å². The molecule has 1 aliphatic heterocycles. The van der Waals surface area contributed by atoms with Crippen LogP contribution in [0.5, 0.6) is 0 Å². The summed E-state index contributed by atoms with van der Waals surface area (Å²) in [6.45, 7) is 8.44. The van der Waals surface area contributed by atoms with Gasteiger partial charge in [0.15, 0.2) is 0 Å². The number of alkyl carbamates (subject to hydrolysis) is 1. The van der Waals surface area contributed by atoms with E-state index in [1.54, 1.807) is 0 Å². The number of amides is 1. The smallest absolute Gasteiger partial charge is 0.407 e. The Labute approximate surface area is 110 Å². The molecule has 106 valence electrons. The van der Waals surface area contributed by atoms with Gasteiger partial charge in [-0.1, -0.05) is 0 Å². The third-order valence-corrected chi connectivity index (χ3v) is 3.23. The van der Waals surface area contributed by atoms with Crippen molar-refractivity contribution in [2.45, 2.75) is 38.8 Å². The first-order valence-electron chi connectivity index (χ1n) is 6.64. The predicted molar refractivity (Wildman–Crippen MR) is 72.7 cm³/mol. The molecular formula is C13H27N3O2. The number of carbonyl (C=O) groups excluding carboxylic acids is 1. The quantitative estimate of drug-likeness (QED) is 0.790. The van der Waals surface area contributed by atoms with Crippen LogP contribution in [0, 0.1) is 5.92 Å². The molecule has 18 heavy (non-hydrogen) atoms. The van der Waals surface area contributed by atoms with Gasteiger partial charge in [-0.25, -0.2) is 4.79 Å². The van der Waals surface area contributed by atoms with E-state index in [2.05, 4.69) is 22.6 Å². The van der Waals surface area contributed by atoms with Gasteiger partial charge in [-0.15, -0.1) is 0 Å². The third kappa shape index (κ3) is 5.23. The van der Waals surface area contributed by atoms with Crippen molar-refractivity contribution in [3.8, 4) is 0 Å². The van der Waals surface area contributed by atoms with Crippen LogP contribution in [-0.4, -0.2) is 56.4 Å². The zero-order valence-corrected chi connectivity index (χ0v) is 12.2. The highest BCUT2D eigenvalue weighted by molar-refractivity contribution is 5.67. The van der Waals surface area contributed by atoms with Crippen LogP contribution in [0.4, 0.5) is 4.79 Å². The molecule has 0 spiro atoms. The molecule has 0 aromatic rings. The Morgan fingerprint density at radius 2 is 2.17 bits per heavy atom. The fourth-order valence-electron chi connectivity index (χ4n) is 2.31. The molecule has 5 heteroatoms. The Bertz CT molecular complexity index is 276. The molecule has 0 radical (unpaired) electrons. The lowest BCUT2D eigenvalue weighted by Crippen LogP contribution is -2.45. The second-order valence-electron chi connectivity index (χ2n) is 6.09. The van der Waals surface area contributed by atoms with Gasteiger partial charge in [-0.3, -0.25) is 0 Å². The number of likely N-dealkylation sites (tertiary alicyclic amines) is 1. The van der Waals surface area contributed by atoms with Crippen molar-refractivity contribution in [1.29, 1.82) is 0 Å². The summed E-state index contributed by atoms with van der Waals surface area (Å²) in [5.41, 5.74) is -0.438. The maximum Gasteiger partial charge on any atom is 0.407 e. The molecule has 2 atom stereocenters. The highest BCUT2D eigenvalue weighted by Crippen LogP contribution is 2.17. The molecule has 1 rings (SSSR count). The molecule has 0 aromatic heterocycles.